The molecule has 1 heterocycles. The highest BCUT2D eigenvalue weighted by Gasteiger charge is 2.13. The van der Waals surface area contributed by atoms with Gasteiger partial charge in [-0.05, 0) is 35.4 Å². The van der Waals surface area contributed by atoms with Crippen LogP contribution < -0.4 is 15.1 Å². The Balaban J connectivity index is 1.49. The van der Waals surface area contributed by atoms with Crippen LogP contribution in [0.1, 0.15) is 18.9 Å². The molecule has 158 valence electrons. The van der Waals surface area contributed by atoms with Gasteiger partial charge in [0.05, 0.1) is 6.61 Å². The molecule has 6 nitrogen and oxygen atoms in total. The molecule has 0 saturated heterocycles. The van der Waals surface area contributed by atoms with E-state index in [1.807, 2.05) is 43.3 Å². The first kappa shape index (κ1) is 20.5. The van der Waals surface area contributed by atoms with Gasteiger partial charge >= 0.3 is 11.6 Å². The molecule has 0 bridgehead atoms. The highest BCUT2D eigenvalue weighted by atomic mass is 16.6. The summed E-state index contributed by atoms with van der Waals surface area (Å²) in [6.45, 7) is 2.24. The first-order valence-electron chi connectivity index (χ1n) is 10.1. The first-order valence-corrected chi connectivity index (χ1v) is 10.1. The summed E-state index contributed by atoms with van der Waals surface area (Å²) in [6.07, 6.45) is 0.865. The van der Waals surface area contributed by atoms with Crippen molar-refractivity contribution in [2.24, 2.45) is 0 Å². The molecule has 4 rings (SSSR count). The highest BCUT2D eigenvalue weighted by molar-refractivity contribution is 6.07. The van der Waals surface area contributed by atoms with Crippen LogP contribution in [-0.4, -0.2) is 19.2 Å². The maximum atomic E-state index is 12.3. The van der Waals surface area contributed by atoms with Crippen LogP contribution in [0.25, 0.3) is 21.7 Å². The van der Waals surface area contributed by atoms with E-state index in [0.717, 1.165) is 22.6 Å². The van der Waals surface area contributed by atoms with Crippen molar-refractivity contribution >= 4 is 27.7 Å². The molecule has 0 unspecified atom stereocenters. The Morgan fingerprint density at radius 3 is 2.48 bits per heavy atom. The zero-order valence-corrected chi connectivity index (χ0v) is 17.1. The number of carbonyl (C=O) groups excluding carboxylic acids is 1. The van der Waals surface area contributed by atoms with Gasteiger partial charge in [0.25, 0.3) is 0 Å². The van der Waals surface area contributed by atoms with Crippen molar-refractivity contribution in [3.63, 3.8) is 0 Å². The third-order valence-corrected chi connectivity index (χ3v) is 4.76. The van der Waals surface area contributed by atoms with Crippen LogP contribution in [0.5, 0.6) is 11.5 Å². The molecule has 6 heteroatoms. The highest BCUT2D eigenvalue weighted by Crippen LogP contribution is 2.28. The third-order valence-electron chi connectivity index (χ3n) is 4.76. The van der Waals surface area contributed by atoms with Crippen LogP contribution in [0.3, 0.4) is 0 Å². The van der Waals surface area contributed by atoms with Gasteiger partial charge in [-0.2, -0.15) is 0 Å². The molecular weight excluding hydrogens is 396 g/mol. The SMILES string of the molecule is CCCOc1ccccc1OCC(=O)OCc1cc(=O)oc2ccc3ccccc3c12. The molecule has 4 aromatic rings. The molecule has 0 amide bonds. The second-order valence-corrected chi connectivity index (χ2v) is 7.00. The van der Waals surface area contributed by atoms with E-state index in [4.69, 9.17) is 18.6 Å². The second kappa shape index (κ2) is 9.34. The Bertz CT molecular complexity index is 1270. The summed E-state index contributed by atoms with van der Waals surface area (Å²) in [7, 11) is 0. The number of fused-ring (bicyclic) bond motifs is 3. The van der Waals surface area contributed by atoms with Crippen LogP contribution in [0.2, 0.25) is 0 Å². The molecule has 0 N–H and O–H groups in total. The van der Waals surface area contributed by atoms with Crippen LogP contribution in [-0.2, 0) is 16.1 Å². The van der Waals surface area contributed by atoms with Crippen molar-refractivity contribution in [1.29, 1.82) is 0 Å². The monoisotopic (exact) mass is 418 g/mol. The Hall–Kier alpha value is -3.80. The number of benzene rings is 3. The number of carbonyl (C=O) groups is 1. The lowest BCUT2D eigenvalue weighted by Crippen LogP contribution is -2.16. The number of hydrogen-bond donors (Lipinski definition) is 0. The molecule has 0 saturated carbocycles. The van der Waals surface area contributed by atoms with Gasteiger partial charge in [0.2, 0.25) is 0 Å². The normalized spacial score (nSPS) is 10.9. The number of hydrogen-bond acceptors (Lipinski definition) is 6. The average molecular weight is 418 g/mol. The minimum absolute atomic E-state index is 0.0632. The van der Waals surface area contributed by atoms with Gasteiger partial charge in [0, 0.05) is 17.0 Å². The summed E-state index contributed by atoms with van der Waals surface area (Å²) >= 11 is 0. The Morgan fingerprint density at radius 1 is 0.935 bits per heavy atom. The Labute approximate surface area is 179 Å². The van der Waals surface area contributed by atoms with Gasteiger partial charge < -0.3 is 18.6 Å². The largest absolute Gasteiger partial charge is 0.490 e. The zero-order chi connectivity index (χ0) is 21.6. The summed E-state index contributed by atoms with van der Waals surface area (Å²) < 4.78 is 21.9. The zero-order valence-electron chi connectivity index (χ0n) is 17.1. The standard InChI is InChI=1S/C25H22O6/c1-2-13-28-20-9-5-6-10-21(20)29-16-24(27)30-15-18-14-23(26)31-22-12-11-17-7-3-4-8-19(17)25(18)22/h3-12,14H,2,13,15-16H2,1H3. The first-order chi connectivity index (χ1) is 15.2. The molecule has 0 aliphatic heterocycles. The van der Waals surface area contributed by atoms with Crippen LogP contribution in [0, 0.1) is 0 Å². The quantitative estimate of drug-likeness (QED) is 0.231. The van der Waals surface area contributed by atoms with E-state index < -0.39 is 11.6 Å². The summed E-state index contributed by atoms with van der Waals surface area (Å²) in [5.74, 6) is 0.506. The molecule has 0 fully saturated rings. The van der Waals surface area contributed by atoms with E-state index in [1.165, 1.54) is 6.07 Å². The number of ether oxygens (including phenoxy) is 3. The Kier molecular flexibility index (Phi) is 6.17. The third kappa shape index (κ3) is 4.69. The Morgan fingerprint density at radius 2 is 1.68 bits per heavy atom. The minimum Gasteiger partial charge on any atom is -0.490 e. The van der Waals surface area contributed by atoms with E-state index in [0.29, 0.717) is 29.3 Å². The van der Waals surface area contributed by atoms with Gasteiger partial charge in [-0.15, -0.1) is 0 Å². The van der Waals surface area contributed by atoms with Crippen LogP contribution in [0.4, 0.5) is 0 Å². The van der Waals surface area contributed by atoms with Gasteiger partial charge in [-0.25, -0.2) is 9.59 Å². The molecule has 0 atom stereocenters. The van der Waals surface area contributed by atoms with Crippen molar-refractivity contribution in [3.8, 4) is 11.5 Å². The summed E-state index contributed by atoms with van der Waals surface area (Å²) in [6, 6.07) is 19.9. The van der Waals surface area contributed by atoms with Crippen LogP contribution >= 0.6 is 0 Å². The predicted octanol–water partition coefficient (Wildman–Crippen LogP) is 4.86. The van der Waals surface area contributed by atoms with Crippen molar-refractivity contribution in [3.05, 3.63) is 82.7 Å². The molecule has 3 aromatic carbocycles. The van der Waals surface area contributed by atoms with E-state index in [2.05, 4.69) is 0 Å². The molecule has 0 aliphatic carbocycles. The second-order valence-electron chi connectivity index (χ2n) is 7.00. The van der Waals surface area contributed by atoms with Crippen LogP contribution in [0.15, 0.2) is 75.9 Å². The number of para-hydroxylation sites is 2. The van der Waals surface area contributed by atoms with Gasteiger partial charge in [-0.1, -0.05) is 49.4 Å². The maximum Gasteiger partial charge on any atom is 0.344 e. The number of esters is 1. The molecular formula is C25H22O6. The fourth-order valence-corrected chi connectivity index (χ4v) is 3.37. The fourth-order valence-electron chi connectivity index (χ4n) is 3.37. The lowest BCUT2D eigenvalue weighted by Gasteiger charge is -2.12. The van der Waals surface area contributed by atoms with Crippen molar-refractivity contribution in [2.45, 2.75) is 20.0 Å². The fraction of sp³-hybridized carbons (Fsp3) is 0.200. The average Bonchev–Trinajstić information content (AvgIpc) is 2.79. The molecule has 0 radical (unpaired) electrons. The number of rotatable bonds is 8. The maximum absolute atomic E-state index is 12.3. The van der Waals surface area contributed by atoms with Gasteiger partial charge in [0.1, 0.15) is 12.2 Å². The molecule has 0 spiro atoms. The van der Waals surface area contributed by atoms with Crippen molar-refractivity contribution < 1.29 is 23.4 Å². The van der Waals surface area contributed by atoms with E-state index in [1.54, 1.807) is 24.3 Å². The minimum atomic E-state index is -0.549. The van der Waals surface area contributed by atoms with Gasteiger partial charge in [0.15, 0.2) is 18.1 Å². The summed E-state index contributed by atoms with van der Waals surface area (Å²) in [5.41, 5.74) is 0.547. The molecule has 1 aromatic heterocycles. The van der Waals surface area contributed by atoms with E-state index in [9.17, 15) is 9.59 Å². The predicted molar refractivity (Wildman–Crippen MR) is 118 cm³/mol. The van der Waals surface area contributed by atoms with Gasteiger partial charge in [-0.3, -0.25) is 0 Å². The van der Waals surface area contributed by atoms with E-state index >= 15 is 0 Å². The molecule has 0 aliphatic rings. The van der Waals surface area contributed by atoms with Crippen molar-refractivity contribution in [1.82, 2.24) is 0 Å². The smallest absolute Gasteiger partial charge is 0.344 e. The summed E-state index contributed by atoms with van der Waals surface area (Å²) in [4.78, 5) is 24.3. The molecule has 31 heavy (non-hydrogen) atoms. The van der Waals surface area contributed by atoms with E-state index in [-0.39, 0.29) is 13.2 Å². The topological polar surface area (TPSA) is 75.0 Å². The summed E-state index contributed by atoms with van der Waals surface area (Å²) in [5, 5.41) is 2.68. The lowest BCUT2D eigenvalue weighted by molar-refractivity contribution is -0.147. The lowest BCUT2D eigenvalue weighted by atomic mass is 10.0. The van der Waals surface area contributed by atoms with Crippen molar-refractivity contribution in [2.75, 3.05) is 13.2 Å².